The van der Waals surface area contributed by atoms with Gasteiger partial charge in [0.1, 0.15) is 24.4 Å². The Bertz CT molecular complexity index is 318. The van der Waals surface area contributed by atoms with Crippen molar-refractivity contribution >= 4 is 5.91 Å². The Labute approximate surface area is 123 Å². The van der Waals surface area contributed by atoms with Crippen LogP contribution in [-0.4, -0.2) is 84.8 Å². The molecule has 124 valence electrons. The third-order valence-electron chi connectivity index (χ3n) is 3.02. The van der Waals surface area contributed by atoms with Gasteiger partial charge in [0.25, 0.3) is 0 Å². The summed E-state index contributed by atoms with van der Waals surface area (Å²) in [4.78, 5) is 11.2. The van der Waals surface area contributed by atoms with Gasteiger partial charge in [0.05, 0.1) is 26.4 Å². The fraction of sp³-hybridized carbons (Fsp3) is 0.917. The Morgan fingerprint density at radius 1 is 1.29 bits per heavy atom. The van der Waals surface area contributed by atoms with E-state index in [1.54, 1.807) is 0 Å². The molecular formula is C12H24N2O7. The molecule has 1 aliphatic rings. The summed E-state index contributed by atoms with van der Waals surface area (Å²) >= 11 is 0. The number of nitrogens with two attached hydrogens (primary N) is 1. The van der Waals surface area contributed by atoms with Crippen LogP contribution in [0, 0.1) is 0 Å². The first-order chi connectivity index (χ1) is 10.0. The summed E-state index contributed by atoms with van der Waals surface area (Å²) in [5.41, 5.74) is 5.27. The smallest absolute Gasteiger partial charge is 0.217 e. The number of aliphatic hydroxyl groups excluding tert-OH is 3. The normalized spacial score (nSPS) is 32.9. The van der Waals surface area contributed by atoms with Crippen molar-refractivity contribution in [3.63, 3.8) is 0 Å². The fourth-order valence-corrected chi connectivity index (χ4v) is 2.02. The first-order valence-corrected chi connectivity index (χ1v) is 6.80. The molecule has 0 aliphatic carbocycles. The molecule has 1 aliphatic heterocycles. The maximum absolute atomic E-state index is 11.2. The van der Waals surface area contributed by atoms with Crippen LogP contribution in [-0.2, 0) is 19.0 Å². The third-order valence-corrected chi connectivity index (χ3v) is 3.02. The van der Waals surface area contributed by atoms with Crippen molar-refractivity contribution in [1.82, 2.24) is 5.32 Å². The van der Waals surface area contributed by atoms with E-state index in [1.807, 2.05) is 0 Å². The van der Waals surface area contributed by atoms with Gasteiger partial charge in [-0.05, 0) is 0 Å². The summed E-state index contributed by atoms with van der Waals surface area (Å²) < 4.78 is 15.9. The Balaban J connectivity index is 2.58. The first-order valence-electron chi connectivity index (χ1n) is 6.80. The Morgan fingerprint density at radius 2 is 2.00 bits per heavy atom. The van der Waals surface area contributed by atoms with Gasteiger partial charge in [-0.25, -0.2) is 0 Å². The molecule has 9 heteroatoms. The fourth-order valence-electron chi connectivity index (χ4n) is 2.02. The number of carbonyl (C=O) groups excluding carboxylic acids is 1. The van der Waals surface area contributed by atoms with Gasteiger partial charge in [-0.15, -0.1) is 0 Å². The number of hydrogen-bond donors (Lipinski definition) is 5. The third kappa shape index (κ3) is 5.47. The molecule has 0 aromatic rings. The van der Waals surface area contributed by atoms with Gasteiger partial charge in [0.15, 0.2) is 6.29 Å². The topological polar surface area (TPSA) is 144 Å². The highest BCUT2D eigenvalue weighted by Gasteiger charge is 2.45. The summed E-state index contributed by atoms with van der Waals surface area (Å²) in [6.07, 6.45) is -4.61. The Morgan fingerprint density at radius 3 is 2.57 bits per heavy atom. The monoisotopic (exact) mass is 308 g/mol. The van der Waals surface area contributed by atoms with Gasteiger partial charge >= 0.3 is 0 Å². The van der Waals surface area contributed by atoms with Gasteiger partial charge in [0, 0.05) is 13.5 Å². The van der Waals surface area contributed by atoms with Crippen molar-refractivity contribution in [1.29, 1.82) is 0 Å². The van der Waals surface area contributed by atoms with E-state index in [1.165, 1.54) is 6.92 Å². The molecule has 1 amide bonds. The minimum Gasteiger partial charge on any atom is -0.394 e. The summed E-state index contributed by atoms with van der Waals surface area (Å²) in [5.74, 6) is -0.398. The molecule has 9 nitrogen and oxygen atoms in total. The second kappa shape index (κ2) is 9.26. The van der Waals surface area contributed by atoms with Crippen LogP contribution in [0.2, 0.25) is 0 Å². The second-order valence-corrected chi connectivity index (χ2v) is 4.70. The zero-order valence-electron chi connectivity index (χ0n) is 12.0. The minimum absolute atomic E-state index is 0.154. The molecule has 5 atom stereocenters. The van der Waals surface area contributed by atoms with Crippen LogP contribution in [0.1, 0.15) is 6.92 Å². The van der Waals surface area contributed by atoms with Gasteiger partial charge in [-0.1, -0.05) is 0 Å². The van der Waals surface area contributed by atoms with E-state index in [4.69, 9.17) is 25.1 Å². The highest BCUT2D eigenvalue weighted by atomic mass is 16.7. The number of ether oxygens (including phenoxy) is 3. The molecule has 6 N–H and O–H groups in total. The van der Waals surface area contributed by atoms with Crippen molar-refractivity contribution in [2.24, 2.45) is 5.73 Å². The average molecular weight is 308 g/mol. The quantitative estimate of drug-likeness (QED) is 0.297. The summed E-state index contributed by atoms with van der Waals surface area (Å²) in [7, 11) is 0. The predicted octanol–water partition coefficient (Wildman–Crippen LogP) is -3.08. The van der Waals surface area contributed by atoms with Crippen LogP contribution < -0.4 is 11.1 Å². The predicted molar refractivity (Wildman–Crippen MR) is 71.2 cm³/mol. The zero-order valence-corrected chi connectivity index (χ0v) is 12.0. The molecule has 0 saturated carbocycles. The van der Waals surface area contributed by atoms with Crippen LogP contribution in [0.25, 0.3) is 0 Å². The maximum atomic E-state index is 11.2. The zero-order chi connectivity index (χ0) is 15.8. The molecule has 0 bridgehead atoms. The van der Waals surface area contributed by atoms with Crippen molar-refractivity contribution in [2.75, 3.05) is 33.0 Å². The largest absolute Gasteiger partial charge is 0.394 e. The molecule has 1 rings (SSSR count). The molecular weight excluding hydrogens is 284 g/mol. The number of nitrogens with one attached hydrogen (secondary N) is 1. The average Bonchev–Trinajstić information content (AvgIpc) is 2.45. The van der Waals surface area contributed by atoms with Gasteiger partial charge in [-0.2, -0.15) is 0 Å². The van der Waals surface area contributed by atoms with Gasteiger partial charge in [0.2, 0.25) is 5.91 Å². The van der Waals surface area contributed by atoms with E-state index in [0.29, 0.717) is 13.2 Å². The van der Waals surface area contributed by atoms with E-state index in [2.05, 4.69) is 5.32 Å². The molecule has 21 heavy (non-hydrogen) atoms. The summed E-state index contributed by atoms with van der Waals surface area (Å²) in [6, 6.07) is -0.935. The van der Waals surface area contributed by atoms with E-state index in [9.17, 15) is 15.0 Å². The van der Waals surface area contributed by atoms with E-state index >= 15 is 0 Å². The molecule has 1 heterocycles. The lowest BCUT2D eigenvalue weighted by Crippen LogP contribution is -2.64. The minimum atomic E-state index is -1.32. The molecule has 1 unspecified atom stereocenters. The van der Waals surface area contributed by atoms with Crippen LogP contribution >= 0.6 is 0 Å². The second-order valence-electron chi connectivity index (χ2n) is 4.70. The molecule has 0 spiro atoms. The molecule has 1 saturated heterocycles. The van der Waals surface area contributed by atoms with E-state index in [-0.39, 0.29) is 13.2 Å². The van der Waals surface area contributed by atoms with E-state index in [0.717, 1.165) is 0 Å². The molecule has 0 aromatic carbocycles. The van der Waals surface area contributed by atoms with Crippen LogP contribution in [0.5, 0.6) is 0 Å². The molecule has 0 aromatic heterocycles. The maximum Gasteiger partial charge on any atom is 0.217 e. The van der Waals surface area contributed by atoms with Crippen LogP contribution in [0.3, 0.4) is 0 Å². The number of aliphatic hydroxyl groups is 3. The van der Waals surface area contributed by atoms with Crippen molar-refractivity contribution < 1.29 is 34.3 Å². The lowest BCUT2D eigenvalue weighted by Gasteiger charge is -2.42. The van der Waals surface area contributed by atoms with Crippen molar-refractivity contribution in [2.45, 2.75) is 37.6 Å². The lowest BCUT2D eigenvalue weighted by atomic mass is 9.97. The SMILES string of the molecule is CC(=O)N[C@H]1C(OCCOCCN)O[C@H](CO)[C@H](O)[C@@H]1O. The summed E-state index contributed by atoms with van der Waals surface area (Å²) in [6.45, 7) is 2.01. The van der Waals surface area contributed by atoms with Crippen LogP contribution in [0.15, 0.2) is 0 Å². The van der Waals surface area contributed by atoms with Gasteiger partial charge in [-0.3, -0.25) is 4.79 Å². The van der Waals surface area contributed by atoms with Crippen molar-refractivity contribution in [3.05, 3.63) is 0 Å². The Kier molecular flexibility index (Phi) is 8.04. The molecule has 1 fully saturated rings. The first kappa shape index (κ1) is 18.2. The van der Waals surface area contributed by atoms with Crippen molar-refractivity contribution in [3.8, 4) is 0 Å². The number of rotatable bonds is 8. The highest BCUT2D eigenvalue weighted by molar-refractivity contribution is 5.73. The standard InChI is InChI=1S/C12H24N2O7/c1-7(16)14-9-11(18)10(17)8(6-15)21-12(9)20-5-4-19-3-2-13/h8-12,15,17-18H,2-6,13H2,1H3,(H,14,16)/t8-,9-,10+,11-,12?/m1/s1. The van der Waals surface area contributed by atoms with Crippen LogP contribution in [0.4, 0.5) is 0 Å². The van der Waals surface area contributed by atoms with Gasteiger partial charge < -0.3 is 40.6 Å². The number of amides is 1. The number of carbonyl (C=O) groups is 1. The van der Waals surface area contributed by atoms with E-state index < -0.39 is 43.2 Å². The Hall–Kier alpha value is -0.810. The summed E-state index contributed by atoms with van der Waals surface area (Å²) in [5, 5.41) is 31.4. The molecule has 0 radical (unpaired) electrons. The number of hydrogen-bond acceptors (Lipinski definition) is 8. The lowest BCUT2D eigenvalue weighted by molar-refractivity contribution is -0.272. The highest BCUT2D eigenvalue weighted by Crippen LogP contribution is 2.22.